The van der Waals surface area contributed by atoms with Gasteiger partial charge in [-0.2, -0.15) is 0 Å². The van der Waals surface area contributed by atoms with Gasteiger partial charge in [-0.3, -0.25) is 9.69 Å². The third kappa shape index (κ3) is 7.28. The zero-order chi connectivity index (χ0) is 29.5. The second-order valence-corrected chi connectivity index (χ2v) is 10.9. The van der Waals surface area contributed by atoms with Crippen LogP contribution in [-0.4, -0.2) is 65.8 Å². The van der Waals surface area contributed by atoms with E-state index in [1.165, 1.54) is 5.56 Å². The number of carbonyl (C=O) groups excluding carboxylic acids is 1. The van der Waals surface area contributed by atoms with Crippen LogP contribution in [0.25, 0.3) is 11.6 Å². The minimum Gasteiger partial charge on any atom is -0.377 e. The normalized spacial score (nSPS) is 14.5. The molecule has 1 aromatic heterocycles. The van der Waals surface area contributed by atoms with E-state index in [4.69, 9.17) is 0 Å². The van der Waals surface area contributed by atoms with Crippen molar-refractivity contribution in [2.75, 3.05) is 55.9 Å². The van der Waals surface area contributed by atoms with Gasteiger partial charge in [-0.1, -0.05) is 30.3 Å². The van der Waals surface area contributed by atoms with E-state index in [-0.39, 0.29) is 12.6 Å². The highest BCUT2D eigenvalue weighted by Crippen LogP contribution is 2.35. The number of para-hydroxylation sites is 1. The summed E-state index contributed by atoms with van der Waals surface area (Å²) in [6.07, 6.45) is 3.96. The van der Waals surface area contributed by atoms with Crippen molar-refractivity contribution in [3.05, 3.63) is 107 Å². The summed E-state index contributed by atoms with van der Waals surface area (Å²) in [6, 6.07) is 23.7. The minimum absolute atomic E-state index is 0.148. The molecule has 8 heteroatoms. The molecule has 218 valence electrons. The summed E-state index contributed by atoms with van der Waals surface area (Å²) in [5.41, 5.74) is 9.07. The van der Waals surface area contributed by atoms with Crippen molar-refractivity contribution in [3.63, 3.8) is 0 Å². The van der Waals surface area contributed by atoms with Crippen LogP contribution in [-0.2, 0) is 6.54 Å². The molecule has 2 heterocycles. The predicted octanol–water partition coefficient (Wildman–Crippen LogP) is 5.99. The number of hydrogen-bond acceptors (Lipinski definition) is 6. The molecule has 0 unspecified atom stereocenters. The van der Waals surface area contributed by atoms with Gasteiger partial charge in [0, 0.05) is 67.1 Å². The van der Waals surface area contributed by atoms with Crippen molar-refractivity contribution in [1.82, 2.24) is 14.8 Å². The topological polar surface area (TPSA) is 95.7 Å². The molecule has 1 aliphatic rings. The largest absolute Gasteiger partial charge is 0.377 e. The first-order valence-corrected chi connectivity index (χ1v) is 14.4. The lowest BCUT2D eigenvalue weighted by Crippen LogP contribution is -2.43. The number of rotatable bonds is 10. The van der Waals surface area contributed by atoms with Gasteiger partial charge in [0.2, 0.25) is 0 Å². The third-order valence-corrected chi connectivity index (χ3v) is 7.72. The molecule has 5 N–H and O–H groups in total. The van der Waals surface area contributed by atoms with Crippen molar-refractivity contribution in [2.24, 2.45) is 0 Å². The van der Waals surface area contributed by atoms with E-state index in [0.29, 0.717) is 11.3 Å². The number of H-pyrrole nitrogens is 1. The minimum atomic E-state index is -0.204. The van der Waals surface area contributed by atoms with Gasteiger partial charge in [0.25, 0.3) is 5.91 Å². The van der Waals surface area contributed by atoms with Crippen LogP contribution in [0.1, 0.15) is 39.7 Å². The van der Waals surface area contributed by atoms with E-state index in [2.05, 4.69) is 43.9 Å². The van der Waals surface area contributed by atoms with Gasteiger partial charge in [-0.15, -0.1) is 0 Å². The van der Waals surface area contributed by atoms with E-state index in [1.807, 2.05) is 92.8 Å². The van der Waals surface area contributed by atoms with Gasteiger partial charge in [0.15, 0.2) is 0 Å². The number of nitrogens with zero attached hydrogens (tertiary/aromatic N) is 2. The molecule has 0 spiro atoms. The summed E-state index contributed by atoms with van der Waals surface area (Å²) in [6.45, 7) is 9.06. The highest BCUT2D eigenvalue weighted by molar-refractivity contribution is 6.04. The van der Waals surface area contributed by atoms with Gasteiger partial charge in [-0.25, -0.2) is 0 Å². The maximum Gasteiger partial charge on any atom is 0.255 e. The Morgan fingerprint density at radius 3 is 2.48 bits per heavy atom. The molecule has 1 amide bonds. The zero-order valence-corrected chi connectivity index (χ0v) is 24.6. The number of allylic oxidation sites excluding steroid dienone is 1. The number of carbonyl (C=O) groups is 1. The lowest BCUT2D eigenvalue weighted by atomic mass is 10.0. The number of benzene rings is 3. The molecule has 8 nitrogen and oxygen atoms in total. The number of amides is 1. The second-order valence-electron chi connectivity index (χ2n) is 10.9. The Balaban J connectivity index is 1.29. The molecule has 3 aromatic carbocycles. The molecule has 1 aliphatic heterocycles. The standard InChI is InChI=1S/C34H40N6O2/c1-24-9-14-29(37-34(42)27-12-10-26(11-13-27)22-40-18-16-39(3)17-19-40)21-32(24)38-31-8-4-7-30(33(31)36-23-41)25(2)20-28-6-5-15-35-28/h4-15,20-21,35-36,38,41H,16-19,22-23H2,1-3H3,(H,37,42)/b25-20+. The summed E-state index contributed by atoms with van der Waals surface area (Å²) in [5, 5.41) is 19.4. The number of likely N-dealkylation sites (N-methyl/N-ethyl adjacent to an activating group) is 1. The summed E-state index contributed by atoms with van der Waals surface area (Å²) < 4.78 is 0. The van der Waals surface area contributed by atoms with Crippen molar-refractivity contribution < 1.29 is 9.90 Å². The monoisotopic (exact) mass is 564 g/mol. The van der Waals surface area contributed by atoms with Crippen LogP contribution in [0.15, 0.2) is 79.0 Å². The van der Waals surface area contributed by atoms with E-state index in [0.717, 1.165) is 72.2 Å². The lowest BCUT2D eigenvalue weighted by Gasteiger charge is -2.32. The van der Waals surface area contributed by atoms with Crippen LogP contribution < -0.4 is 16.0 Å². The highest BCUT2D eigenvalue weighted by atomic mass is 16.3. The number of aryl methyl sites for hydroxylation is 1. The molecular formula is C34H40N6O2. The number of nitrogens with one attached hydrogen (secondary N) is 4. The third-order valence-electron chi connectivity index (χ3n) is 7.72. The van der Waals surface area contributed by atoms with E-state index >= 15 is 0 Å². The SMILES string of the molecule is C/C(=C\c1ccc[nH]1)c1cccc(Nc2cc(NC(=O)c3ccc(CN4CCN(C)CC4)cc3)ccc2C)c1NCO. The van der Waals surface area contributed by atoms with Crippen LogP contribution in [0.4, 0.5) is 22.7 Å². The van der Waals surface area contributed by atoms with Gasteiger partial charge in [0.1, 0.15) is 6.73 Å². The zero-order valence-electron chi connectivity index (χ0n) is 24.6. The second kappa shape index (κ2) is 13.5. The molecule has 0 bridgehead atoms. The Morgan fingerprint density at radius 2 is 1.76 bits per heavy atom. The first-order valence-electron chi connectivity index (χ1n) is 14.4. The fraction of sp³-hybridized carbons (Fsp3) is 0.265. The molecule has 1 fully saturated rings. The number of aromatic nitrogens is 1. The molecule has 0 atom stereocenters. The summed E-state index contributed by atoms with van der Waals surface area (Å²) in [5.74, 6) is -0.148. The van der Waals surface area contributed by atoms with Gasteiger partial charge < -0.3 is 30.9 Å². The molecule has 1 saturated heterocycles. The first-order chi connectivity index (χ1) is 20.4. The average molecular weight is 565 g/mol. The molecule has 0 radical (unpaired) electrons. The molecule has 0 saturated carbocycles. The smallest absolute Gasteiger partial charge is 0.255 e. The van der Waals surface area contributed by atoms with E-state index in [9.17, 15) is 9.90 Å². The maximum atomic E-state index is 13.1. The van der Waals surface area contributed by atoms with Crippen molar-refractivity contribution in [1.29, 1.82) is 0 Å². The Bertz CT molecular complexity index is 1520. The van der Waals surface area contributed by atoms with Crippen LogP contribution in [0.2, 0.25) is 0 Å². The Labute approximate surface area is 248 Å². The van der Waals surface area contributed by atoms with Crippen LogP contribution >= 0.6 is 0 Å². The fourth-order valence-electron chi connectivity index (χ4n) is 5.21. The Hall–Kier alpha value is -4.37. The van der Waals surface area contributed by atoms with Gasteiger partial charge in [0.05, 0.1) is 11.4 Å². The fourth-order valence-corrected chi connectivity index (χ4v) is 5.21. The molecule has 0 aliphatic carbocycles. The lowest BCUT2D eigenvalue weighted by molar-refractivity contribution is 0.102. The van der Waals surface area contributed by atoms with E-state index < -0.39 is 0 Å². The van der Waals surface area contributed by atoms with Gasteiger partial charge >= 0.3 is 0 Å². The number of hydrogen-bond donors (Lipinski definition) is 5. The van der Waals surface area contributed by atoms with Crippen LogP contribution in [0.3, 0.4) is 0 Å². The predicted molar refractivity (Wildman–Crippen MR) is 173 cm³/mol. The maximum absolute atomic E-state index is 13.1. The Kier molecular flexibility index (Phi) is 9.38. The highest BCUT2D eigenvalue weighted by Gasteiger charge is 2.15. The molecule has 4 aromatic rings. The van der Waals surface area contributed by atoms with Crippen molar-refractivity contribution in [2.45, 2.75) is 20.4 Å². The van der Waals surface area contributed by atoms with E-state index in [1.54, 1.807) is 0 Å². The van der Waals surface area contributed by atoms with Crippen molar-refractivity contribution in [3.8, 4) is 0 Å². The number of aliphatic hydroxyl groups excluding tert-OH is 1. The summed E-state index contributed by atoms with van der Waals surface area (Å²) in [4.78, 5) is 21.1. The van der Waals surface area contributed by atoms with Crippen LogP contribution in [0, 0.1) is 6.92 Å². The number of anilines is 4. The van der Waals surface area contributed by atoms with Crippen molar-refractivity contribution >= 4 is 40.3 Å². The Morgan fingerprint density at radius 1 is 0.976 bits per heavy atom. The summed E-state index contributed by atoms with van der Waals surface area (Å²) in [7, 11) is 2.16. The van der Waals surface area contributed by atoms with Gasteiger partial charge in [-0.05, 0) is 86.1 Å². The quantitative estimate of drug-likeness (QED) is 0.152. The molecular weight excluding hydrogens is 524 g/mol. The number of aromatic amines is 1. The van der Waals surface area contributed by atoms with Crippen LogP contribution in [0.5, 0.6) is 0 Å². The first kappa shape index (κ1) is 29.1. The molecule has 5 rings (SSSR count). The number of aliphatic hydroxyl groups is 1. The number of piperazine rings is 1. The molecule has 42 heavy (non-hydrogen) atoms. The average Bonchev–Trinajstić information content (AvgIpc) is 3.50. The summed E-state index contributed by atoms with van der Waals surface area (Å²) >= 11 is 0.